The Balaban J connectivity index is 1.19. The zero-order chi connectivity index (χ0) is 27.2. The number of nitrogens with zero attached hydrogens (tertiary/aromatic N) is 5. The maximum absolute atomic E-state index is 13.5. The summed E-state index contributed by atoms with van der Waals surface area (Å²) in [6.45, 7) is 4.55. The third-order valence-electron chi connectivity index (χ3n) is 8.23. The predicted octanol–water partition coefficient (Wildman–Crippen LogP) is 1.62. The molecule has 0 bridgehead atoms. The fourth-order valence-corrected chi connectivity index (χ4v) is 8.35. The van der Waals surface area contributed by atoms with Crippen LogP contribution in [0, 0.1) is 0 Å². The summed E-state index contributed by atoms with van der Waals surface area (Å²) in [5, 5.41) is 11.3. The zero-order valence-corrected chi connectivity index (χ0v) is 23.4. The van der Waals surface area contributed by atoms with Crippen LogP contribution in [0.2, 0.25) is 0 Å². The molecule has 0 spiro atoms. The van der Waals surface area contributed by atoms with Crippen molar-refractivity contribution in [3.8, 4) is 0 Å². The molecule has 0 amide bonds. The number of hydrogen-bond donors (Lipinski definition) is 1. The van der Waals surface area contributed by atoms with Gasteiger partial charge in [-0.15, -0.1) is 0 Å². The summed E-state index contributed by atoms with van der Waals surface area (Å²) in [6.07, 6.45) is 4.36. The number of piperazine rings is 1. The summed E-state index contributed by atoms with van der Waals surface area (Å²) in [5.41, 5.74) is 1.51. The van der Waals surface area contributed by atoms with Crippen molar-refractivity contribution >= 4 is 36.6 Å². The number of primary sulfonamides is 1. The first-order chi connectivity index (χ1) is 18.7. The highest BCUT2D eigenvalue weighted by atomic mass is 32.2. The van der Waals surface area contributed by atoms with Gasteiger partial charge in [0.1, 0.15) is 4.90 Å². The lowest BCUT2D eigenvalue weighted by Gasteiger charge is -2.37. The van der Waals surface area contributed by atoms with E-state index in [1.807, 2.05) is 34.0 Å². The number of nitrogens with two attached hydrogens (primary N) is 1. The molecule has 39 heavy (non-hydrogen) atoms. The summed E-state index contributed by atoms with van der Waals surface area (Å²) in [6, 6.07) is 12.9. The molecule has 3 fully saturated rings. The molecule has 1 unspecified atom stereocenters. The van der Waals surface area contributed by atoms with E-state index in [0.29, 0.717) is 57.6 Å². The maximum atomic E-state index is 13.5. The number of aromatic nitrogens is 2. The molecule has 210 valence electrons. The molecule has 3 aliphatic heterocycles. The second-order valence-electron chi connectivity index (χ2n) is 10.5. The van der Waals surface area contributed by atoms with Crippen molar-refractivity contribution in [3.05, 3.63) is 48.7 Å². The van der Waals surface area contributed by atoms with Crippen LogP contribution in [-0.4, -0.2) is 94.3 Å². The van der Waals surface area contributed by atoms with E-state index in [0.717, 1.165) is 36.8 Å². The quantitative estimate of drug-likeness (QED) is 0.470. The number of hydrogen-bond acceptors (Lipinski definition) is 8. The highest BCUT2D eigenvalue weighted by Gasteiger charge is 2.34. The highest BCUT2D eigenvalue weighted by Crippen LogP contribution is 2.34. The van der Waals surface area contributed by atoms with Gasteiger partial charge in [-0.3, -0.25) is 9.58 Å². The van der Waals surface area contributed by atoms with E-state index in [1.54, 1.807) is 6.07 Å². The van der Waals surface area contributed by atoms with Crippen LogP contribution in [0.25, 0.3) is 10.9 Å². The summed E-state index contributed by atoms with van der Waals surface area (Å²) in [7, 11) is -8.04. The molecule has 4 heterocycles. The SMILES string of the molecule is NS(=O)(=O)c1cc(S(=O)(=O)N2CCN(C3CCOC3)CC2)ccc1N1CCC(n2ncc3ccccc32)CC1. The van der Waals surface area contributed by atoms with Gasteiger partial charge in [-0.25, -0.2) is 22.0 Å². The van der Waals surface area contributed by atoms with Gasteiger partial charge in [0.15, 0.2) is 0 Å². The minimum atomic E-state index is -4.17. The molecule has 3 saturated heterocycles. The Morgan fingerprint density at radius 3 is 2.31 bits per heavy atom. The highest BCUT2D eigenvalue weighted by molar-refractivity contribution is 7.90. The Kier molecular flexibility index (Phi) is 7.14. The van der Waals surface area contributed by atoms with E-state index in [-0.39, 0.29) is 15.8 Å². The Hall–Kier alpha value is -2.55. The van der Waals surface area contributed by atoms with Crippen LogP contribution in [0.15, 0.2) is 58.5 Å². The monoisotopic (exact) mass is 574 g/mol. The van der Waals surface area contributed by atoms with Gasteiger partial charge < -0.3 is 9.64 Å². The number of para-hydroxylation sites is 1. The van der Waals surface area contributed by atoms with Crippen molar-refractivity contribution in [2.75, 3.05) is 57.4 Å². The van der Waals surface area contributed by atoms with Gasteiger partial charge in [0, 0.05) is 57.3 Å². The average Bonchev–Trinajstić information content (AvgIpc) is 3.63. The first-order valence-electron chi connectivity index (χ1n) is 13.4. The van der Waals surface area contributed by atoms with E-state index in [2.05, 4.69) is 16.1 Å². The van der Waals surface area contributed by atoms with Crippen molar-refractivity contribution in [1.29, 1.82) is 0 Å². The number of fused-ring (bicyclic) bond motifs is 1. The van der Waals surface area contributed by atoms with Crippen LogP contribution in [0.5, 0.6) is 0 Å². The van der Waals surface area contributed by atoms with Crippen molar-refractivity contribution in [2.45, 2.75) is 41.1 Å². The molecule has 0 saturated carbocycles. The molecule has 11 nitrogen and oxygen atoms in total. The van der Waals surface area contributed by atoms with E-state index >= 15 is 0 Å². The van der Waals surface area contributed by atoms with Gasteiger partial charge in [0.05, 0.1) is 34.9 Å². The van der Waals surface area contributed by atoms with E-state index in [4.69, 9.17) is 9.88 Å². The fraction of sp³-hybridized carbons (Fsp3) is 0.500. The van der Waals surface area contributed by atoms with Gasteiger partial charge in [-0.1, -0.05) is 18.2 Å². The molecule has 1 aromatic heterocycles. The number of benzene rings is 2. The number of sulfonamides is 2. The number of ether oxygens (including phenoxy) is 1. The fourth-order valence-electron chi connectivity index (χ4n) is 6.05. The summed E-state index contributed by atoms with van der Waals surface area (Å²) in [4.78, 5) is 4.04. The molecule has 6 rings (SSSR count). The van der Waals surface area contributed by atoms with E-state index < -0.39 is 20.0 Å². The van der Waals surface area contributed by atoms with Gasteiger partial charge in [0.25, 0.3) is 0 Å². The van der Waals surface area contributed by atoms with Crippen molar-refractivity contribution < 1.29 is 21.6 Å². The summed E-state index contributed by atoms with van der Waals surface area (Å²) >= 11 is 0. The molecule has 2 aromatic carbocycles. The minimum absolute atomic E-state index is 0.0502. The summed E-state index contributed by atoms with van der Waals surface area (Å²) in [5.74, 6) is 0. The molecular formula is C26H34N6O5S2. The van der Waals surface area contributed by atoms with Crippen LogP contribution in [0.3, 0.4) is 0 Å². The largest absolute Gasteiger partial charge is 0.380 e. The molecule has 0 radical (unpaired) electrons. The Morgan fingerprint density at radius 1 is 0.872 bits per heavy atom. The number of anilines is 1. The van der Waals surface area contributed by atoms with Crippen LogP contribution in [0.1, 0.15) is 25.3 Å². The standard InChI is InChI=1S/C26H34N6O5S2/c27-38(33,34)26-17-23(39(35,36)31-14-12-29(13-15-31)22-9-16-37-19-22)5-6-25(26)30-10-7-21(8-11-30)32-24-4-2-1-3-20(24)18-28-32/h1-6,17-18,21-22H,7-16,19H2,(H2,27,33,34). The second kappa shape index (κ2) is 10.5. The van der Waals surface area contributed by atoms with Crippen molar-refractivity contribution in [1.82, 2.24) is 19.0 Å². The van der Waals surface area contributed by atoms with Crippen molar-refractivity contribution in [3.63, 3.8) is 0 Å². The number of piperidine rings is 1. The van der Waals surface area contributed by atoms with Crippen molar-refractivity contribution in [2.24, 2.45) is 5.14 Å². The van der Waals surface area contributed by atoms with Crippen LogP contribution in [-0.2, 0) is 24.8 Å². The Morgan fingerprint density at radius 2 is 1.62 bits per heavy atom. The lowest BCUT2D eigenvalue weighted by molar-refractivity contribution is 0.113. The first-order valence-corrected chi connectivity index (χ1v) is 16.4. The molecule has 13 heteroatoms. The second-order valence-corrected chi connectivity index (χ2v) is 14.0. The lowest BCUT2D eigenvalue weighted by atomic mass is 10.0. The van der Waals surface area contributed by atoms with Gasteiger partial charge in [0.2, 0.25) is 20.0 Å². The third kappa shape index (κ3) is 5.19. The minimum Gasteiger partial charge on any atom is -0.380 e. The van der Waals surface area contributed by atoms with E-state index in [9.17, 15) is 16.8 Å². The van der Waals surface area contributed by atoms with Gasteiger partial charge in [-0.05, 0) is 43.5 Å². The zero-order valence-electron chi connectivity index (χ0n) is 21.7. The van der Waals surface area contributed by atoms with Gasteiger partial charge in [-0.2, -0.15) is 9.40 Å². The predicted molar refractivity (Wildman–Crippen MR) is 148 cm³/mol. The molecule has 0 aliphatic carbocycles. The Bertz CT molecular complexity index is 1550. The Labute approximate surface area is 229 Å². The van der Waals surface area contributed by atoms with E-state index in [1.165, 1.54) is 16.4 Å². The summed E-state index contributed by atoms with van der Waals surface area (Å²) < 4.78 is 61.2. The smallest absolute Gasteiger partial charge is 0.243 e. The average molecular weight is 575 g/mol. The molecule has 1 atom stereocenters. The van der Waals surface area contributed by atoms with Crippen LogP contribution < -0.4 is 10.0 Å². The third-order valence-corrected chi connectivity index (χ3v) is 11.1. The first kappa shape index (κ1) is 26.7. The molecule has 2 N–H and O–H groups in total. The lowest BCUT2D eigenvalue weighted by Crippen LogP contribution is -2.52. The maximum Gasteiger partial charge on any atom is 0.243 e. The topological polar surface area (TPSA) is 131 Å². The molecule has 3 aliphatic rings. The van der Waals surface area contributed by atoms with Crippen LogP contribution >= 0.6 is 0 Å². The van der Waals surface area contributed by atoms with Gasteiger partial charge >= 0.3 is 0 Å². The van der Waals surface area contributed by atoms with Crippen LogP contribution in [0.4, 0.5) is 5.69 Å². The normalized spacial score (nSPS) is 22.6. The molecular weight excluding hydrogens is 540 g/mol. The molecule has 3 aromatic rings. The number of rotatable bonds is 6.